The van der Waals surface area contributed by atoms with E-state index in [4.69, 9.17) is 5.11 Å². The lowest BCUT2D eigenvalue weighted by Gasteiger charge is -2.27. The molecule has 0 bridgehead atoms. The van der Waals surface area contributed by atoms with Crippen molar-refractivity contribution in [2.24, 2.45) is 0 Å². The predicted octanol–water partition coefficient (Wildman–Crippen LogP) is 0.388. The molecule has 2 heterocycles. The fraction of sp³-hybridized carbons (Fsp3) is 0.636. The number of nitrogens with zero attached hydrogens (tertiary/aromatic N) is 3. The van der Waals surface area contributed by atoms with E-state index in [0.717, 1.165) is 25.3 Å². The van der Waals surface area contributed by atoms with E-state index in [1.807, 2.05) is 11.1 Å². The molecule has 1 aromatic heterocycles. The average molecular weight is 223 g/mol. The average Bonchev–Trinajstić information content (AvgIpc) is 2.76. The van der Waals surface area contributed by atoms with E-state index in [-0.39, 0.29) is 12.5 Å². The first-order valence-corrected chi connectivity index (χ1v) is 5.70. The van der Waals surface area contributed by atoms with Crippen molar-refractivity contribution in [1.82, 2.24) is 14.5 Å². The van der Waals surface area contributed by atoms with Crippen LogP contribution in [0, 0.1) is 0 Å². The lowest BCUT2D eigenvalue weighted by molar-refractivity contribution is -0.132. The maximum absolute atomic E-state index is 11.8. The first-order chi connectivity index (χ1) is 7.81. The first-order valence-electron chi connectivity index (χ1n) is 5.70. The minimum Gasteiger partial charge on any atom is -0.396 e. The molecule has 0 spiro atoms. The molecule has 0 aliphatic carbocycles. The third-order valence-electron chi connectivity index (χ3n) is 2.90. The van der Waals surface area contributed by atoms with Crippen molar-refractivity contribution in [1.29, 1.82) is 0 Å². The quantitative estimate of drug-likeness (QED) is 0.751. The summed E-state index contributed by atoms with van der Waals surface area (Å²) in [5.41, 5.74) is 0. The number of amides is 1. The van der Waals surface area contributed by atoms with Gasteiger partial charge in [0.2, 0.25) is 5.91 Å². The molecule has 1 aliphatic heterocycles. The summed E-state index contributed by atoms with van der Waals surface area (Å²) in [7, 11) is 0. The highest BCUT2D eigenvalue weighted by Gasteiger charge is 2.20. The summed E-state index contributed by atoms with van der Waals surface area (Å²) >= 11 is 0. The zero-order valence-corrected chi connectivity index (χ0v) is 9.30. The number of hydrogen-bond donors (Lipinski definition) is 1. The molecule has 1 amide bonds. The van der Waals surface area contributed by atoms with Crippen LogP contribution in [0.1, 0.15) is 25.1 Å². The molecular formula is C11H17N3O2. The number of carbonyl (C=O) groups is 1. The second-order valence-electron chi connectivity index (χ2n) is 4.03. The molecular weight excluding hydrogens is 206 g/mol. The first kappa shape index (κ1) is 11.1. The molecule has 88 valence electrons. The second-order valence-corrected chi connectivity index (χ2v) is 4.03. The smallest absolute Gasteiger partial charge is 0.223 e. The maximum Gasteiger partial charge on any atom is 0.223 e. The van der Waals surface area contributed by atoms with Gasteiger partial charge in [-0.05, 0) is 12.8 Å². The SMILES string of the molecule is O=C(CCCCO)N1CCn2ccnc2C1. The van der Waals surface area contributed by atoms with Crippen molar-refractivity contribution in [2.45, 2.75) is 32.4 Å². The van der Waals surface area contributed by atoms with Gasteiger partial charge in [-0.1, -0.05) is 0 Å². The topological polar surface area (TPSA) is 58.4 Å². The Bertz CT molecular complexity index is 362. The van der Waals surface area contributed by atoms with Crippen LogP contribution in [-0.4, -0.2) is 38.6 Å². The van der Waals surface area contributed by atoms with Gasteiger partial charge < -0.3 is 14.6 Å². The summed E-state index contributed by atoms with van der Waals surface area (Å²) in [5.74, 6) is 1.13. The highest BCUT2D eigenvalue weighted by atomic mass is 16.3. The Labute approximate surface area is 94.7 Å². The molecule has 1 aromatic rings. The van der Waals surface area contributed by atoms with Crippen molar-refractivity contribution in [3.8, 4) is 0 Å². The van der Waals surface area contributed by atoms with Gasteiger partial charge in [-0.15, -0.1) is 0 Å². The number of imidazole rings is 1. The maximum atomic E-state index is 11.8. The molecule has 0 unspecified atom stereocenters. The number of aliphatic hydroxyl groups excluding tert-OH is 1. The van der Waals surface area contributed by atoms with Gasteiger partial charge in [0.05, 0.1) is 6.54 Å². The van der Waals surface area contributed by atoms with Gasteiger partial charge in [0.1, 0.15) is 5.82 Å². The highest BCUT2D eigenvalue weighted by molar-refractivity contribution is 5.76. The Hall–Kier alpha value is -1.36. The summed E-state index contributed by atoms with van der Waals surface area (Å²) < 4.78 is 2.08. The van der Waals surface area contributed by atoms with Crippen LogP contribution in [0.15, 0.2) is 12.4 Å². The fourth-order valence-corrected chi connectivity index (χ4v) is 1.93. The zero-order chi connectivity index (χ0) is 11.4. The van der Waals surface area contributed by atoms with Gasteiger partial charge in [0, 0.05) is 38.5 Å². The summed E-state index contributed by atoms with van der Waals surface area (Å²) in [5, 5.41) is 8.65. The van der Waals surface area contributed by atoms with E-state index in [1.54, 1.807) is 6.20 Å². The summed E-state index contributed by atoms with van der Waals surface area (Å²) in [6.45, 7) is 2.38. The highest BCUT2D eigenvalue weighted by Crippen LogP contribution is 2.12. The molecule has 0 saturated heterocycles. The summed E-state index contributed by atoms with van der Waals surface area (Å²) in [6, 6.07) is 0. The Morgan fingerprint density at radius 1 is 1.44 bits per heavy atom. The predicted molar refractivity (Wildman–Crippen MR) is 58.6 cm³/mol. The van der Waals surface area contributed by atoms with Crippen molar-refractivity contribution in [3.63, 3.8) is 0 Å². The number of fused-ring (bicyclic) bond motifs is 1. The van der Waals surface area contributed by atoms with E-state index in [2.05, 4.69) is 9.55 Å². The van der Waals surface area contributed by atoms with Gasteiger partial charge in [-0.25, -0.2) is 4.98 Å². The van der Waals surface area contributed by atoms with E-state index >= 15 is 0 Å². The molecule has 0 aromatic carbocycles. The van der Waals surface area contributed by atoms with Crippen LogP contribution in [0.25, 0.3) is 0 Å². The number of aliphatic hydroxyl groups is 1. The largest absolute Gasteiger partial charge is 0.396 e. The molecule has 0 fully saturated rings. The van der Waals surface area contributed by atoms with Gasteiger partial charge in [-0.2, -0.15) is 0 Å². The van der Waals surface area contributed by atoms with Crippen LogP contribution in [0.3, 0.4) is 0 Å². The number of carbonyl (C=O) groups excluding carboxylic acids is 1. The lowest BCUT2D eigenvalue weighted by Crippen LogP contribution is -2.38. The third-order valence-corrected chi connectivity index (χ3v) is 2.90. The van der Waals surface area contributed by atoms with Crippen molar-refractivity contribution in [3.05, 3.63) is 18.2 Å². The van der Waals surface area contributed by atoms with Gasteiger partial charge in [0.15, 0.2) is 0 Å². The third kappa shape index (κ3) is 2.41. The molecule has 0 atom stereocenters. The van der Waals surface area contributed by atoms with Crippen molar-refractivity contribution < 1.29 is 9.90 Å². The zero-order valence-electron chi connectivity index (χ0n) is 9.30. The van der Waals surface area contributed by atoms with E-state index in [0.29, 0.717) is 19.4 Å². The monoisotopic (exact) mass is 223 g/mol. The van der Waals surface area contributed by atoms with Gasteiger partial charge in [-0.3, -0.25) is 4.79 Å². The number of aromatic nitrogens is 2. The molecule has 1 N–H and O–H groups in total. The Morgan fingerprint density at radius 2 is 2.31 bits per heavy atom. The van der Waals surface area contributed by atoms with Crippen LogP contribution >= 0.6 is 0 Å². The van der Waals surface area contributed by atoms with E-state index in [1.165, 1.54) is 0 Å². The minimum absolute atomic E-state index is 0.164. The van der Waals surface area contributed by atoms with Crippen LogP contribution in [0.5, 0.6) is 0 Å². The number of rotatable bonds is 4. The standard InChI is InChI=1S/C11H17N3O2/c15-8-2-1-3-11(16)14-7-6-13-5-4-12-10(13)9-14/h4-5,15H,1-3,6-9H2. The van der Waals surface area contributed by atoms with Gasteiger partial charge in [0.25, 0.3) is 0 Å². The molecule has 0 saturated carbocycles. The second kappa shape index (κ2) is 5.12. The Balaban J connectivity index is 1.86. The molecule has 5 nitrogen and oxygen atoms in total. The molecule has 1 aliphatic rings. The fourth-order valence-electron chi connectivity index (χ4n) is 1.93. The Morgan fingerprint density at radius 3 is 3.12 bits per heavy atom. The molecule has 0 radical (unpaired) electrons. The molecule has 16 heavy (non-hydrogen) atoms. The number of hydrogen-bond acceptors (Lipinski definition) is 3. The van der Waals surface area contributed by atoms with Crippen LogP contribution in [0.4, 0.5) is 0 Å². The Kier molecular flexibility index (Phi) is 3.56. The minimum atomic E-state index is 0.164. The normalized spacial score (nSPS) is 14.9. The van der Waals surface area contributed by atoms with Crippen LogP contribution in [0.2, 0.25) is 0 Å². The van der Waals surface area contributed by atoms with Crippen LogP contribution in [-0.2, 0) is 17.9 Å². The molecule has 5 heteroatoms. The molecule has 2 rings (SSSR count). The lowest BCUT2D eigenvalue weighted by atomic mass is 10.2. The van der Waals surface area contributed by atoms with E-state index in [9.17, 15) is 4.79 Å². The summed E-state index contributed by atoms with van der Waals surface area (Å²) in [6.07, 6.45) is 5.72. The van der Waals surface area contributed by atoms with Crippen molar-refractivity contribution in [2.75, 3.05) is 13.2 Å². The van der Waals surface area contributed by atoms with E-state index < -0.39 is 0 Å². The van der Waals surface area contributed by atoms with Gasteiger partial charge >= 0.3 is 0 Å². The van der Waals surface area contributed by atoms with Crippen LogP contribution < -0.4 is 0 Å². The number of unbranched alkanes of at least 4 members (excludes halogenated alkanes) is 1. The van der Waals surface area contributed by atoms with Crippen molar-refractivity contribution >= 4 is 5.91 Å². The summed E-state index contributed by atoms with van der Waals surface area (Å²) in [4.78, 5) is 17.9.